The third kappa shape index (κ3) is 2.19. The zero-order chi connectivity index (χ0) is 11.7. The van der Waals surface area contributed by atoms with Crippen LogP contribution in [0.4, 0.5) is 4.39 Å². The van der Waals surface area contributed by atoms with Gasteiger partial charge in [0.1, 0.15) is 0 Å². The second-order valence-corrected chi connectivity index (χ2v) is 4.25. The minimum atomic E-state index is -0.576. The molecule has 0 bridgehead atoms. The maximum Gasteiger partial charge on any atom is 0.170 e. The minimum absolute atomic E-state index is 0.0497. The van der Waals surface area contributed by atoms with Crippen molar-refractivity contribution in [1.29, 1.82) is 0 Å². The molecule has 2 aromatic rings. The normalized spacial score (nSPS) is 10.8. The highest BCUT2D eigenvalue weighted by atomic mass is 35.5. The molecule has 0 saturated heterocycles. The molecule has 84 valence electrons. The van der Waals surface area contributed by atoms with Crippen LogP contribution in [-0.2, 0) is 5.75 Å². The third-order valence-corrected chi connectivity index (χ3v) is 2.80. The molecule has 0 fully saturated rings. The minimum Gasteiger partial charge on any atom is -0.356 e. The number of aromatic nitrogens is 1. The molecule has 0 unspecified atom stereocenters. The van der Waals surface area contributed by atoms with Crippen LogP contribution in [0, 0.1) is 5.82 Å². The number of halogens is 3. The van der Waals surface area contributed by atoms with E-state index in [2.05, 4.69) is 17.8 Å². The molecule has 2 nitrogen and oxygen atoms in total. The van der Waals surface area contributed by atoms with Gasteiger partial charge in [-0.2, -0.15) is 12.6 Å². The molecule has 0 N–H and O–H groups in total. The Bertz CT molecular complexity index is 530. The number of nitrogens with zero attached hydrogens (tertiary/aromatic N) is 1. The Hall–Kier alpha value is -0.710. The molecular weight excluding hydrogens is 272 g/mol. The van der Waals surface area contributed by atoms with Crippen molar-refractivity contribution < 1.29 is 8.91 Å². The van der Waals surface area contributed by atoms with Crippen molar-refractivity contribution >= 4 is 35.8 Å². The predicted octanol–water partition coefficient (Wildman–Crippen LogP) is 4.22. The Morgan fingerprint density at radius 2 is 2.06 bits per heavy atom. The lowest BCUT2D eigenvalue weighted by Crippen LogP contribution is -1.84. The van der Waals surface area contributed by atoms with Crippen LogP contribution in [0.2, 0.25) is 10.0 Å². The van der Waals surface area contributed by atoms with Gasteiger partial charge in [-0.25, -0.2) is 4.39 Å². The van der Waals surface area contributed by atoms with E-state index < -0.39 is 5.82 Å². The standard InChI is InChI=1S/C10H6Cl2FNOS/c11-5-1-7(10(13)8(12)2-5)9-3-6(4-16)14-15-9/h1-3,16H,4H2. The monoisotopic (exact) mass is 277 g/mol. The van der Waals surface area contributed by atoms with Crippen LogP contribution in [-0.4, -0.2) is 5.16 Å². The highest BCUT2D eigenvalue weighted by Crippen LogP contribution is 2.31. The van der Waals surface area contributed by atoms with E-state index in [1.165, 1.54) is 12.1 Å². The topological polar surface area (TPSA) is 26.0 Å². The average molecular weight is 278 g/mol. The molecule has 0 atom stereocenters. The summed E-state index contributed by atoms with van der Waals surface area (Å²) >= 11 is 15.5. The number of hydrogen-bond acceptors (Lipinski definition) is 3. The maximum absolute atomic E-state index is 13.7. The van der Waals surface area contributed by atoms with Crippen LogP contribution in [0.5, 0.6) is 0 Å². The Labute approximate surface area is 107 Å². The van der Waals surface area contributed by atoms with Crippen molar-refractivity contribution in [1.82, 2.24) is 5.16 Å². The molecule has 0 saturated carbocycles. The number of rotatable bonds is 2. The zero-order valence-electron chi connectivity index (χ0n) is 7.88. The largest absolute Gasteiger partial charge is 0.356 e. The van der Waals surface area contributed by atoms with Gasteiger partial charge in [0.25, 0.3) is 0 Å². The summed E-state index contributed by atoms with van der Waals surface area (Å²) in [5.74, 6) is 0.123. The molecule has 1 aromatic heterocycles. The molecule has 2 rings (SSSR count). The Morgan fingerprint density at radius 3 is 2.69 bits per heavy atom. The molecule has 0 aliphatic heterocycles. The van der Waals surface area contributed by atoms with Crippen molar-refractivity contribution in [2.45, 2.75) is 5.75 Å². The molecule has 1 heterocycles. The SMILES string of the molecule is Fc1c(Cl)cc(Cl)cc1-c1cc(CS)no1. The average Bonchev–Trinajstić information content (AvgIpc) is 2.71. The van der Waals surface area contributed by atoms with Gasteiger partial charge in [-0.3, -0.25) is 0 Å². The maximum atomic E-state index is 13.7. The fourth-order valence-corrected chi connectivity index (χ4v) is 1.89. The van der Waals surface area contributed by atoms with E-state index in [-0.39, 0.29) is 16.3 Å². The summed E-state index contributed by atoms with van der Waals surface area (Å²) in [5, 5.41) is 4.00. The van der Waals surface area contributed by atoms with Crippen LogP contribution in [0.25, 0.3) is 11.3 Å². The highest BCUT2D eigenvalue weighted by Gasteiger charge is 2.14. The van der Waals surface area contributed by atoms with Gasteiger partial charge in [-0.15, -0.1) is 0 Å². The predicted molar refractivity (Wildman–Crippen MR) is 64.6 cm³/mol. The lowest BCUT2D eigenvalue weighted by Gasteiger charge is -2.01. The fourth-order valence-electron chi connectivity index (χ4n) is 1.25. The first kappa shape index (κ1) is 11.8. The van der Waals surface area contributed by atoms with Crippen molar-refractivity contribution in [3.8, 4) is 11.3 Å². The quantitative estimate of drug-likeness (QED) is 0.657. The van der Waals surface area contributed by atoms with Crippen LogP contribution in [0.3, 0.4) is 0 Å². The first-order valence-corrected chi connectivity index (χ1v) is 5.72. The van der Waals surface area contributed by atoms with Gasteiger partial charge in [0.15, 0.2) is 11.6 Å². The van der Waals surface area contributed by atoms with Gasteiger partial charge in [0.2, 0.25) is 0 Å². The van der Waals surface area contributed by atoms with E-state index in [0.29, 0.717) is 16.5 Å². The highest BCUT2D eigenvalue weighted by molar-refractivity contribution is 7.79. The lowest BCUT2D eigenvalue weighted by molar-refractivity contribution is 0.424. The molecule has 0 aliphatic rings. The summed E-state index contributed by atoms with van der Waals surface area (Å²) in [6, 6.07) is 4.36. The van der Waals surface area contributed by atoms with Crippen molar-refractivity contribution in [3.63, 3.8) is 0 Å². The number of thiol groups is 1. The van der Waals surface area contributed by atoms with Crippen LogP contribution in [0.1, 0.15) is 5.69 Å². The molecule has 16 heavy (non-hydrogen) atoms. The van der Waals surface area contributed by atoms with Crippen LogP contribution < -0.4 is 0 Å². The summed E-state index contributed by atoms with van der Waals surface area (Å²) in [6.07, 6.45) is 0. The van der Waals surface area contributed by atoms with Gasteiger partial charge in [-0.1, -0.05) is 28.4 Å². The molecule has 0 aliphatic carbocycles. The van der Waals surface area contributed by atoms with Crippen LogP contribution in [0.15, 0.2) is 22.7 Å². The van der Waals surface area contributed by atoms with E-state index in [0.717, 1.165) is 0 Å². The summed E-state index contributed by atoms with van der Waals surface area (Å²) in [7, 11) is 0. The second-order valence-electron chi connectivity index (χ2n) is 3.09. The Kier molecular flexibility index (Phi) is 3.42. The smallest absolute Gasteiger partial charge is 0.170 e. The molecule has 0 radical (unpaired) electrons. The molecule has 6 heteroatoms. The van der Waals surface area contributed by atoms with E-state index in [4.69, 9.17) is 27.7 Å². The van der Waals surface area contributed by atoms with Crippen molar-refractivity contribution in [2.24, 2.45) is 0 Å². The van der Waals surface area contributed by atoms with Gasteiger partial charge in [0, 0.05) is 16.8 Å². The van der Waals surface area contributed by atoms with E-state index in [9.17, 15) is 4.39 Å². The third-order valence-electron chi connectivity index (χ3n) is 1.98. The van der Waals surface area contributed by atoms with Gasteiger partial charge >= 0.3 is 0 Å². The first-order chi connectivity index (χ1) is 7.61. The summed E-state index contributed by atoms with van der Waals surface area (Å²) in [4.78, 5) is 0. The van der Waals surface area contributed by atoms with Crippen molar-refractivity contribution in [3.05, 3.63) is 39.8 Å². The Balaban J connectivity index is 2.54. The fraction of sp³-hybridized carbons (Fsp3) is 0.100. The van der Waals surface area contributed by atoms with Gasteiger partial charge in [0.05, 0.1) is 16.3 Å². The molecule has 0 amide bonds. The zero-order valence-corrected chi connectivity index (χ0v) is 10.3. The first-order valence-electron chi connectivity index (χ1n) is 4.33. The van der Waals surface area contributed by atoms with Crippen LogP contribution >= 0.6 is 35.8 Å². The van der Waals surface area contributed by atoms with E-state index >= 15 is 0 Å². The van der Waals surface area contributed by atoms with Gasteiger partial charge < -0.3 is 4.52 Å². The number of hydrogen-bond donors (Lipinski definition) is 1. The molecule has 1 aromatic carbocycles. The van der Waals surface area contributed by atoms with E-state index in [1.54, 1.807) is 6.07 Å². The summed E-state index contributed by atoms with van der Waals surface area (Å²) in [5.41, 5.74) is 0.812. The molecule has 0 spiro atoms. The Morgan fingerprint density at radius 1 is 1.31 bits per heavy atom. The number of benzene rings is 1. The lowest BCUT2D eigenvalue weighted by atomic mass is 10.1. The molecular formula is C10H6Cl2FNOS. The summed E-state index contributed by atoms with van der Waals surface area (Å²) in [6.45, 7) is 0. The summed E-state index contributed by atoms with van der Waals surface area (Å²) < 4.78 is 18.7. The second kappa shape index (κ2) is 4.65. The van der Waals surface area contributed by atoms with Crippen molar-refractivity contribution in [2.75, 3.05) is 0 Å². The van der Waals surface area contributed by atoms with E-state index in [1.807, 2.05) is 0 Å². The van der Waals surface area contributed by atoms with Gasteiger partial charge in [-0.05, 0) is 12.1 Å².